The quantitative estimate of drug-likeness (QED) is 0.650. The molecule has 25 heavy (non-hydrogen) atoms. The number of hydrogen-bond donors (Lipinski definition) is 0. The van der Waals surface area contributed by atoms with Crippen LogP contribution in [0.3, 0.4) is 0 Å². The van der Waals surface area contributed by atoms with Crippen molar-refractivity contribution in [3.8, 4) is 11.1 Å². The molecular weight excluding hydrogens is 320 g/mol. The Hall–Kier alpha value is -2.82. The van der Waals surface area contributed by atoms with Crippen molar-refractivity contribution < 1.29 is 8.78 Å². The van der Waals surface area contributed by atoms with Crippen molar-refractivity contribution in [2.75, 3.05) is 18.5 Å². The lowest BCUT2D eigenvalue weighted by Crippen LogP contribution is -2.19. The van der Waals surface area contributed by atoms with Crippen molar-refractivity contribution in [1.82, 2.24) is 9.97 Å². The average Bonchev–Trinajstić information content (AvgIpc) is 2.62. The molecule has 0 N–H and O–H groups in total. The molecule has 0 aliphatic rings. The molecule has 2 aromatic carbocycles. The van der Waals surface area contributed by atoms with Crippen LogP contribution in [0.1, 0.15) is 18.9 Å². The van der Waals surface area contributed by atoms with Gasteiger partial charge in [-0.1, -0.05) is 37.8 Å². The number of hydrogen-bond acceptors (Lipinski definition) is 3. The highest BCUT2D eigenvalue weighted by Gasteiger charge is 2.20. The van der Waals surface area contributed by atoms with Gasteiger partial charge in [0.25, 0.3) is 0 Å². The van der Waals surface area contributed by atoms with Crippen LogP contribution in [0.5, 0.6) is 0 Å². The molecule has 128 valence electrons. The monoisotopic (exact) mass is 339 g/mol. The third-order valence-corrected chi connectivity index (χ3v) is 4.16. The van der Waals surface area contributed by atoms with Crippen LogP contribution in [0, 0.1) is 11.6 Å². The van der Waals surface area contributed by atoms with Crippen LogP contribution in [0.4, 0.5) is 14.6 Å². The largest absolute Gasteiger partial charge is 0.359 e. The molecule has 0 spiro atoms. The maximum Gasteiger partial charge on any atom is 0.158 e. The van der Waals surface area contributed by atoms with Crippen LogP contribution in [-0.2, 0) is 0 Å². The van der Waals surface area contributed by atoms with Gasteiger partial charge in [-0.3, -0.25) is 0 Å². The number of nitrogens with zero attached hydrogens (tertiary/aromatic N) is 3. The first kappa shape index (κ1) is 17.0. The van der Waals surface area contributed by atoms with Gasteiger partial charge >= 0.3 is 0 Å². The van der Waals surface area contributed by atoms with Crippen molar-refractivity contribution in [2.24, 2.45) is 0 Å². The maximum atomic E-state index is 15.3. The lowest BCUT2D eigenvalue weighted by molar-refractivity contribution is 0.620. The zero-order chi connectivity index (χ0) is 18.0. The zero-order valence-electron chi connectivity index (χ0n) is 14.3. The summed E-state index contributed by atoms with van der Waals surface area (Å²) >= 11 is 0. The second-order valence-corrected chi connectivity index (χ2v) is 5.85. The van der Waals surface area contributed by atoms with Gasteiger partial charge in [0, 0.05) is 30.1 Å². The molecule has 5 heteroatoms. The first-order valence-electron chi connectivity index (χ1n) is 8.14. The summed E-state index contributed by atoms with van der Waals surface area (Å²) in [6.45, 7) is 6.61. The van der Waals surface area contributed by atoms with E-state index >= 15 is 4.39 Å². The van der Waals surface area contributed by atoms with Crippen molar-refractivity contribution >= 4 is 22.8 Å². The Bertz CT molecular complexity index is 938. The summed E-state index contributed by atoms with van der Waals surface area (Å²) in [7, 11) is 1.90. The Kier molecular flexibility index (Phi) is 4.74. The Morgan fingerprint density at radius 3 is 2.64 bits per heavy atom. The molecule has 0 fully saturated rings. The highest BCUT2D eigenvalue weighted by Crippen LogP contribution is 2.36. The summed E-state index contributed by atoms with van der Waals surface area (Å²) in [6, 6.07) is 7.89. The molecule has 3 aromatic rings. The fourth-order valence-electron chi connectivity index (χ4n) is 3.01. The van der Waals surface area contributed by atoms with Gasteiger partial charge in [0.1, 0.15) is 23.5 Å². The van der Waals surface area contributed by atoms with E-state index in [9.17, 15) is 4.39 Å². The van der Waals surface area contributed by atoms with Crippen LogP contribution in [0.2, 0.25) is 0 Å². The number of halogens is 2. The van der Waals surface area contributed by atoms with Gasteiger partial charge in [-0.15, -0.1) is 0 Å². The van der Waals surface area contributed by atoms with E-state index in [0.29, 0.717) is 16.8 Å². The van der Waals surface area contributed by atoms with Crippen LogP contribution in [-0.4, -0.2) is 23.6 Å². The highest BCUT2D eigenvalue weighted by atomic mass is 19.1. The van der Waals surface area contributed by atoms with Crippen LogP contribution in [0.25, 0.3) is 28.1 Å². The molecule has 0 aliphatic heterocycles. The van der Waals surface area contributed by atoms with Gasteiger partial charge in [-0.2, -0.15) is 0 Å². The van der Waals surface area contributed by atoms with E-state index in [1.54, 1.807) is 24.3 Å². The van der Waals surface area contributed by atoms with E-state index in [0.717, 1.165) is 13.0 Å². The fourth-order valence-corrected chi connectivity index (χ4v) is 3.01. The topological polar surface area (TPSA) is 29.0 Å². The average molecular weight is 339 g/mol. The molecule has 0 bridgehead atoms. The van der Waals surface area contributed by atoms with E-state index in [1.807, 2.05) is 11.9 Å². The predicted molar refractivity (Wildman–Crippen MR) is 98.5 cm³/mol. The van der Waals surface area contributed by atoms with E-state index < -0.39 is 11.6 Å². The molecule has 0 amide bonds. The summed E-state index contributed by atoms with van der Waals surface area (Å²) in [5.74, 6) is -0.402. The molecule has 0 radical (unpaired) electrons. The molecule has 1 aromatic heterocycles. The van der Waals surface area contributed by atoms with Crippen molar-refractivity contribution in [1.29, 1.82) is 0 Å². The van der Waals surface area contributed by atoms with Crippen molar-refractivity contribution in [3.05, 3.63) is 60.4 Å². The first-order chi connectivity index (χ1) is 12.1. The summed E-state index contributed by atoms with van der Waals surface area (Å²) in [4.78, 5) is 10.4. The smallest absolute Gasteiger partial charge is 0.158 e. The second-order valence-electron chi connectivity index (χ2n) is 5.85. The van der Waals surface area contributed by atoms with Crippen molar-refractivity contribution in [2.45, 2.75) is 13.3 Å². The fraction of sp³-hybridized carbons (Fsp3) is 0.200. The van der Waals surface area contributed by atoms with Gasteiger partial charge in [0.05, 0.1) is 0 Å². The Balaban J connectivity index is 2.33. The summed E-state index contributed by atoms with van der Waals surface area (Å²) in [5.41, 5.74) is 1.05. The van der Waals surface area contributed by atoms with E-state index in [1.165, 1.54) is 18.5 Å². The highest BCUT2D eigenvalue weighted by molar-refractivity contribution is 5.96. The van der Waals surface area contributed by atoms with Gasteiger partial charge in [-0.05, 0) is 24.1 Å². The van der Waals surface area contributed by atoms with E-state index in [-0.39, 0.29) is 16.6 Å². The number of aromatic nitrogens is 2. The minimum Gasteiger partial charge on any atom is -0.359 e. The summed E-state index contributed by atoms with van der Waals surface area (Å²) in [5, 5.41) is 0.589. The summed E-state index contributed by atoms with van der Waals surface area (Å²) < 4.78 is 29.5. The van der Waals surface area contributed by atoms with Crippen LogP contribution in [0.15, 0.2) is 43.2 Å². The first-order valence-corrected chi connectivity index (χ1v) is 8.14. The molecule has 0 saturated carbocycles. The van der Waals surface area contributed by atoms with Gasteiger partial charge in [-0.25, -0.2) is 18.7 Å². The standard InChI is InChI=1S/C20H19F2N3/c1-4-10-25(3)20-15-11-13(5-2)17(14-8-6-7-9-16(14)21)18(22)19(15)23-12-24-20/h5-9,11-12H,2,4,10H2,1,3H3. The Morgan fingerprint density at radius 1 is 1.20 bits per heavy atom. The van der Waals surface area contributed by atoms with Crippen molar-refractivity contribution in [3.63, 3.8) is 0 Å². The number of fused-ring (bicyclic) bond motifs is 1. The molecule has 0 aliphatic carbocycles. The SMILES string of the molecule is C=Cc1cc2c(N(C)CCC)ncnc2c(F)c1-c1ccccc1F. The van der Waals surface area contributed by atoms with Crippen LogP contribution < -0.4 is 4.90 Å². The molecule has 3 rings (SSSR count). The number of rotatable bonds is 5. The third-order valence-electron chi connectivity index (χ3n) is 4.16. The van der Waals surface area contributed by atoms with E-state index in [2.05, 4.69) is 23.5 Å². The normalized spacial score (nSPS) is 10.9. The molecule has 0 atom stereocenters. The number of anilines is 1. The molecular formula is C20H19F2N3. The predicted octanol–water partition coefficient (Wildman–Crippen LogP) is 5.06. The third kappa shape index (κ3) is 2.97. The lowest BCUT2D eigenvalue weighted by Gasteiger charge is -2.20. The maximum absolute atomic E-state index is 15.3. The molecule has 3 nitrogen and oxygen atoms in total. The molecule has 0 saturated heterocycles. The summed E-state index contributed by atoms with van der Waals surface area (Å²) in [6.07, 6.45) is 3.80. The van der Waals surface area contributed by atoms with E-state index in [4.69, 9.17) is 0 Å². The van der Waals surface area contributed by atoms with Crippen LogP contribution >= 0.6 is 0 Å². The lowest BCUT2D eigenvalue weighted by atomic mass is 9.96. The Labute approximate surface area is 145 Å². The van der Waals surface area contributed by atoms with Gasteiger partial charge in [0.2, 0.25) is 0 Å². The minimum absolute atomic E-state index is 0.170. The zero-order valence-corrected chi connectivity index (χ0v) is 14.3. The molecule has 1 heterocycles. The van der Waals surface area contributed by atoms with Gasteiger partial charge in [0.15, 0.2) is 5.82 Å². The minimum atomic E-state index is -0.564. The number of benzene rings is 2. The van der Waals surface area contributed by atoms with Gasteiger partial charge < -0.3 is 4.90 Å². The molecule has 0 unspecified atom stereocenters. The Morgan fingerprint density at radius 2 is 1.96 bits per heavy atom. The second kappa shape index (κ2) is 6.97.